The van der Waals surface area contributed by atoms with Gasteiger partial charge in [0.1, 0.15) is 0 Å². The molecule has 1 aromatic heterocycles. The summed E-state index contributed by atoms with van der Waals surface area (Å²) in [6, 6.07) is 17.6. The molecular weight excluding hydrogens is 268 g/mol. The number of pyridine rings is 1. The smallest absolute Gasteiger partial charge is 0.0992 e. The van der Waals surface area contributed by atoms with Gasteiger partial charge in [0.25, 0.3) is 0 Å². The van der Waals surface area contributed by atoms with E-state index in [1.165, 1.54) is 5.56 Å². The molecule has 0 unspecified atom stereocenters. The van der Waals surface area contributed by atoms with E-state index in [0.717, 1.165) is 22.9 Å². The summed E-state index contributed by atoms with van der Waals surface area (Å²) >= 11 is 6.46. The van der Waals surface area contributed by atoms with E-state index < -0.39 is 0 Å². The second kappa shape index (κ2) is 5.32. The summed E-state index contributed by atoms with van der Waals surface area (Å²) < 4.78 is 0. The molecule has 2 aromatic carbocycles. The van der Waals surface area contributed by atoms with Gasteiger partial charge >= 0.3 is 0 Å². The molecule has 0 bridgehead atoms. The average Bonchev–Trinajstić information content (AvgIpc) is 2.51. The highest BCUT2D eigenvalue weighted by molar-refractivity contribution is 6.36. The molecule has 0 aliphatic heterocycles. The van der Waals surface area contributed by atoms with Crippen LogP contribution in [-0.2, 0) is 6.42 Å². The third-order valence-corrected chi connectivity index (χ3v) is 3.69. The molecule has 0 saturated carbocycles. The van der Waals surface area contributed by atoms with Gasteiger partial charge in [0.2, 0.25) is 0 Å². The van der Waals surface area contributed by atoms with Gasteiger partial charge in [0, 0.05) is 18.0 Å². The van der Waals surface area contributed by atoms with Crippen LogP contribution in [0.5, 0.6) is 0 Å². The number of nitriles is 1. The molecule has 0 saturated heterocycles. The van der Waals surface area contributed by atoms with E-state index in [2.05, 4.69) is 23.2 Å². The standard InChI is InChI=1S/C17H11ClN2/c18-17-14(8-12-4-2-1-3-5-12)11-20-16-9-13(10-19)6-7-15(16)17/h1-7,9,11H,8H2. The summed E-state index contributed by atoms with van der Waals surface area (Å²) in [7, 11) is 0. The largest absolute Gasteiger partial charge is 0.256 e. The maximum absolute atomic E-state index is 8.91. The lowest BCUT2D eigenvalue weighted by Gasteiger charge is -2.07. The number of rotatable bonds is 2. The van der Waals surface area contributed by atoms with E-state index in [0.29, 0.717) is 10.6 Å². The van der Waals surface area contributed by atoms with Gasteiger partial charge in [-0.2, -0.15) is 5.26 Å². The SMILES string of the molecule is N#Cc1ccc2c(Cl)c(Cc3ccccc3)cnc2c1. The Balaban J connectivity index is 2.06. The summed E-state index contributed by atoms with van der Waals surface area (Å²) in [5.41, 5.74) is 3.54. The third-order valence-electron chi connectivity index (χ3n) is 3.24. The van der Waals surface area contributed by atoms with Crippen molar-refractivity contribution >= 4 is 22.5 Å². The molecule has 0 amide bonds. The molecule has 3 rings (SSSR count). The molecule has 0 atom stereocenters. The Morgan fingerprint density at radius 1 is 1.10 bits per heavy atom. The normalized spacial score (nSPS) is 10.4. The first kappa shape index (κ1) is 12.7. The summed E-state index contributed by atoms with van der Waals surface area (Å²) in [4.78, 5) is 4.41. The van der Waals surface area contributed by atoms with Gasteiger partial charge in [-0.1, -0.05) is 41.9 Å². The van der Waals surface area contributed by atoms with E-state index in [1.807, 2.05) is 24.3 Å². The van der Waals surface area contributed by atoms with Gasteiger partial charge in [0.05, 0.1) is 22.2 Å². The van der Waals surface area contributed by atoms with Crippen LogP contribution < -0.4 is 0 Å². The Labute approximate surface area is 122 Å². The fraction of sp³-hybridized carbons (Fsp3) is 0.0588. The van der Waals surface area contributed by atoms with Crippen molar-refractivity contribution in [3.05, 3.63) is 76.4 Å². The van der Waals surface area contributed by atoms with Crippen LogP contribution >= 0.6 is 11.6 Å². The van der Waals surface area contributed by atoms with Crippen molar-refractivity contribution in [1.29, 1.82) is 5.26 Å². The first-order valence-electron chi connectivity index (χ1n) is 6.29. The molecule has 0 radical (unpaired) electrons. The maximum atomic E-state index is 8.91. The minimum Gasteiger partial charge on any atom is -0.256 e. The number of nitrogens with zero attached hydrogens (tertiary/aromatic N) is 2. The van der Waals surface area contributed by atoms with Crippen LogP contribution in [0.4, 0.5) is 0 Å². The van der Waals surface area contributed by atoms with Crippen LogP contribution in [0.3, 0.4) is 0 Å². The lowest BCUT2D eigenvalue weighted by atomic mass is 10.0. The molecule has 0 aliphatic carbocycles. The molecule has 20 heavy (non-hydrogen) atoms. The van der Waals surface area contributed by atoms with E-state index in [9.17, 15) is 0 Å². The van der Waals surface area contributed by atoms with Gasteiger partial charge in [-0.25, -0.2) is 0 Å². The van der Waals surface area contributed by atoms with Crippen LogP contribution in [-0.4, -0.2) is 4.98 Å². The van der Waals surface area contributed by atoms with Crippen molar-refractivity contribution in [3.8, 4) is 6.07 Å². The maximum Gasteiger partial charge on any atom is 0.0992 e. The van der Waals surface area contributed by atoms with Gasteiger partial charge < -0.3 is 0 Å². The van der Waals surface area contributed by atoms with Crippen molar-refractivity contribution in [3.63, 3.8) is 0 Å². The zero-order valence-corrected chi connectivity index (χ0v) is 11.4. The summed E-state index contributed by atoms with van der Waals surface area (Å²) in [6.45, 7) is 0. The Bertz CT molecular complexity index is 804. The minimum absolute atomic E-state index is 0.594. The number of aromatic nitrogens is 1. The summed E-state index contributed by atoms with van der Waals surface area (Å²) in [5, 5.41) is 10.5. The Kier molecular flexibility index (Phi) is 3.37. The van der Waals surface area contributed by atoms with Gasteiger partial charge in [-0.15, -0.1) is 0 Å². The lowest BCUT2D eigenvalue weighted by Crippen LogP contribution is -1.92. The summed E-state index contributed by atoms with van der Waals surface area (Å²) in [5.74, 6) is 0. The van der Waals surface area contributed by atoms with E-state index >= 15 is 0 Å². The van der Waals surface area contributed by atoms with Crippen molar-refractivity contribution in [2.24, 2.45) is 0 Å². The van der Waals surface area contributed by atoms with Gasteiger partial charge in [0.15, 0.2) is 0 Å². The molecule has 96 valence electrons. The first-order chi connectivity index (χ1) is 9.78. The zero-order valence-electron chi connectivity index (χ0n) is 10.7. The molecule has 3 heteroatoms. The second-order valence-electron chi connectivity index (χ2n) is 4.60. The molecular formula is C17H11ClN2. The van der Waals surface area contributed by atoms with Crippen LogP contribution in [0.15, 0.2) is 54.7 Å². The van der Waals surface area contributed by atoms with Crippen LogP contribution in [0.1, 0.15) is 16.7 Å². The predicted octanol–water partition coefficient (Wildman–Crippen LogP) is 4.35. The number of fused-ring (bicyclic) bond motifs is 1. The van der Waals surface area contributed by atoms with E-state index in [-0.39, 0.29) is 0 Å². The molecule has 0 N–H and O–H groups in total. The highest BCUT2D eigenvalue weighted by Gasteiger charge is 2.08. The predicted molar refractivity (Wildman–Crippen MR) is 80.7 cm³/mol. The minimum atomic E-state index is 0.594. The van der Waals surface area contributed by atoms with E-state index in [1.54, 1.807) is 18.3 Å². The van der Waals surface area contributed by atoms with Crippen molar-refractivity contribution < 1.29 is 0 Å². The van der Waals surface area contributed by atoms with Crippen molar-refractivity contribution in [1.82, 2.24) is 4.98 Å². The molecule has 2 nitrogen and oxygen atoms in total. The number of hydrogen-bond acceptors (Lipinski definition) is 2. The Morgan fingerprint density at radius 3 is 2.65 bits per heavy atom. The molecule has 3 aromatic rings. The van der Waals surface area contributed by atoms with Crippen LogP contribution in [0.25, 0.3) is 10.9 Å². The Morgan fingerprint density at radius 2 is 1.90 bits per heavy atom. The van der Waals surface area contributed by atoms with Crippen LogP contribution in [0.2, 0.25) is 5.02 Å². The number of hydrogen-bond donors (Lipinski definition) is 0. The number of benzene rings is 2. The quantitative estimate of drug-likeness (QED) is 0.699. The molecule has 0 spiro atoms. The first-order valence-corrected chi connectivity index (χ1v) is 6.67. The number of halogens is 1. The topological polar surface area (TPSA) is 36.7 Å². The highest BCUT2D eigenvalue weighted by Crippen LogP contribution is 2.27. The zero-order chi connectivity index (χ0) is 13.9. The lowest BCUT2D eigenvalue weighted by molar-refractivity contribution is 1.17. The van der Waals surface area contributed by atoms with Gasteiger partial charge in [-0.05, 0) is 29.3 Å². The van der Waals surface area contributed by atoms with Crippen LogP contribution in [0, 0.1) is 11.3 Å². The Hall–Kier alpha value is -2.37. The fourth-order valence-electron chi connectivity index (χ4n) is 2.21. The highest BCUT2D eigenvalue weighted by atomic mass is 35.5. The fourth-order valence-corrected chi connectivity index (χ4v) is 2.49. The third kappa shape index (κ3) is 2.36. The molecule has 1 heterocycles. The monoisotopic (exact) mass is 278 g/mol. The second-order valence-corrected chi connectivity index (χ2v) is 4.98. The van der Waals surface area contributed by atoms with E-state index in [4.69, 9.17) is 16.9 Å². The van der Waals surface area contributed by atoms with Gasteiger partial charge in [-0.3, -0.25) is 4.98 Å². The van der Waals surface area contributed by atoms with Crippen molar-refractivity contribution in [2.45, 2.75) is 6.42 Å². The van der Waals surface area contributed by atoms with Crippen molar-refractivity contribution in [2.75, 3.05) is 0 Å². The average molecular weight is 279 g/mol. The summed E-state index contributed by atoms with van der Waals surface area (Å²) in [6.07, 6.45) is 2.54. The molecule has 0 aliphatic rings. The molecule has 0 fully saturated rings.